The molecule has 0 unspecified atom stereocenters. The summed E-state index contributed by atoms with van der Waals surface area (Å²) in [6, 6.07) is 12.9. The fraction of sp³-hybridized carbons (Fsp3) is 0.400. The predicted octanol–water partition coefficient (Wildman–Crippen LogP) is 2.38. The van der Waals surface area contributed by atoms with Gasteiger partial charge in [0.15, 0.2) is 0 Å². The van der Waals surface area contributed by atoms with E-state index < -0.39 is 5.60 Å². The van der Waals surface area contributed by atoms with Crippen LogP contribution < -0.4 is 15.4 Å². The summed E-state index contributed by atoms with van der Waals surface area (Å²) in [6.45, 7) is 4.43. The van der Waals surface area contributed by atoms with Gasteiger partial charge in [-0.1, -0.05) is 0 Å². The van der Waals surface area contributed by atoms with Gasteiger partial charge in [0.25, 0.3) is 5.91 Å². The smallest absolute Gasteiger partial charge is 0.253 e. The number of ether oxygens (including phenoxy) is 1. The van der Waals surface area contributed by atoms with Gasteiger partial charge in [-0.05, 0) is 68.8 Å². The van der Waals surface area contributed by atoms with E-state index in [0.29, 0.717) is 44.0 Å². The van der Waals surface area contributed by atoms with Crippen LogP contribution in [-0.4, -0.2) is 71.3 Å². The number of pyridine rings is 2. The molecular formula is C25H31N5O3. The van der Waals surface area contributed by atoms with Crippen LogP contribution in [0.3, 0.4) is 0 Å². The van der Waals surface area contributed by atoms with Crippen molar-refractivity contribution in [1.82, 2.24) is 14.9 Å². The molecule has 0 spiro atoms. The number of β-amino-alcohol motifs (C(OH)–C–C–N with tert-alkyl or cyclic N) is 1. The standard InChI is InChI=1S/C25H31N5O3/c1-18-4-9-21-23(28-18)22(10-13-27-21)30-14-11-25(32,17-30)16-29(2)24(31)19-5-7-20(8-6-19)33-15-3-12-26/h4-10,13,32H,3,11-12,14-17,26H2,1-2H3/t25-/m0/s1. The minimum atomic E-state index is -1.00. The molecule has 174 valence electrons. The van der Waals surface area contributed by atoms with Gasteiger partial charge >= 0.3 is 0 Å². The van der Waals surface area contributed by atoms with Crippen LogP contribution in [0.2, 0.25) is 0 Å². The van der Waals surface area contributed by atoms with E-state index in [-0.39, 0.29) is 12.5 Å². The molecule has 1 atom stereocenters. The lowest BCUT2D eigenvalue weighted by molar-refractivity contribution is 0.0264. The Bertz CT molecular complexity index is 1120. The van der Waals surface area contributed by atoms with Crippen molar-refractivity contribution in [2.24, 2.45) is 5.73 Å². The van der Waals surface area contributed by atoms with Gasteiger partial charge in [-0.25, -0.2) is 4.98 Å². The van der Waals surface area contributed by atoms with Crippen molar-refractivity contribution in [3.8, 4) is 5.75 Å². The third-order valence-electron chi connectivity index (χ3n) is 5.97. The fourth-order valence-corrected chi connectivity index (χ4v) is 4.26. The second-order valence-electron chi connectivity index (χ2n) is 8.72. The molecule has 0 bridgehead atoms. The first-order valence-electron chi connectivity index (χ1n) is 11.3. The highest BCUT2D eigenvalue weighted by molar-refractivity contribution is 5.94. The summed E-state index contributed by atoms with van der Waals surface area (Å²) in [6.07, 6.45) is 3.11. The largest absolute Gasteiger partial charge is 0.494 e. The number of aliphatic hydroxyl groups is 1. The highest BCUT2D eigenvalue weighted by Gasteiger charge is 2.38. The molecule has 0 aliphatic carbocycles. The molecule has 2 aromatic heterocycles. The first-order chi connectivity index (χ1) is 15.9. The van der Waals surface area contributed by atoms with Gasteiger partial charge in [-0.3, -0.25) is 9.78 Å². The zero-order valence-electron chi connectivity index (χ0n) is 19.2. The Morgan fingerprint density at radius 2 is 2.03 bits per heavy atom. The number of hydrogen-bond acceptors (Lipinski definition) is 7. The Kier molecular flexibility index (Phi) is 6.76. The highest BCUT2D eigenvalue weighted by Crippen LogP contribution is 2.31. The molecular weight excluding hydrogens is 418 g/mol. The van der Waals surface area contributed by atoms with E-state index in [9.17, 15) is 9.90 Å². The second-order valence-corrected chi connectivity index (χ2v) is 8.72. The van der Waals surface area contributed by atoms with Crippen molar-refractivity contribution >= 4 is 22.6 Å². The number of likely N-dealkylation sites (N-methyl/N-ethyl adjacent to an activating group) is 1. The van der Waals surface area contributed by atoms with E-state index in [1.807, 2.05) is 25.1 Å². The summed E-state index contributed by atoms with van der Waals surface area (Å²) < 4.78 is 5.60. The Morgan fingerprint density at radius 1 is 1.24 bits per heavy atom. The van der Waals surface area contributed by atoms with Gasteiger partial charge in [0.1, 0.15) is 16.9 Å². The molecule has 33 heavy (non-hydrogen) atoms. The van der Waals surface area contributed by atoms with Crippen LogP contribution in [-0.2, 0) is 0 Å². The number of nitrogens with zero attached hydrogens (tertiary/aromatic N) is 4. The van der Waals surface area contributed by atoms with Crippen LogP contribution in [0.25, 0.3) is 11.0 Å². The van der Waals surface area contributed by atoms with Crippen LogP contribution in [0.5, 0.6) is 5.75 Å². The lowest BCUT2D eigenvalue weighted by atomic mass is 10.0. The number of fused-ring (bicyclic) bond motifs is 1. The van der Waals surface area contributed by atoms with E-state index in [2.05, 4.69) is 14.9 Å². The van der Waals surface area contributed by atoms with Crippen LogP contribution >= 0.6 is 0 Å². The van der Waals surface area contributed by atoms with E-state index in [4.69, 9.17) is 10.5 Å². The zero-order valence-corrected chi connectivity index (χ0v) is 19.2. The lowest BCUT2D eigenvalue weighted by Crippen LogP contribution is -2.45. The first-order valence-corrected chi connectivity index (χ1v) is 11.3. The number of amides is 1. The summed E-state index contributed by atoms with van der Waals surface area (Å²) >= 11 is 0. The van der Waals surface area contributed by atoms with Crippen LogP contribution in [0.15, 0.2) is 48.7 Å². The number of aromatic nitrogens is 2. The summed E-state index contributed by atoms with van der Waals surface area (Å²) in [5.41, 5.74) is 8.58. The monoisotopic (exact) mass is 449 g/mol. The highest BCUT2D eigenvalue weighted by atomic mass is 16.5. The lowest BCUT2D eigenvalue weighted by Gasteiger charge is -2.29. The van der Waals surface area contributed by atoms with Crippen molar-refractivity contribution < 1.29 is 14.6 Å². The number of anilines is 1. The van der Waals surface area contributed by atoms with E-state index in [1.165, 1.54) is 0 Å². The number of carbonyl (C=O) groups is 1. The molecule has 4 rings (SSSR count). The van der Waals surface area contributed by atoms with E-state index >= 15 is 0 Å². The number of nitrogens with two attached hydrogens (primary N) is 1. The molecule has 1 fully saturated rings. The summed E-state index contributed by atoms with van der Waals surface area (Å²) in [7, 11) is 1.72. The Morgan fingerprint density at radius 3 is 2.79 bits per heavy atom. The molecule has 1 aromatic carbocycles. The van der Waals surface area contributed by atoms with Crippen LogP contribution in [0.1, 0.15) is 28.9 Å². The van der Waals surface area contributed by atoms with Crippen molar-refractivity contribution in [2.45, 2.75) is 25.4 Å². The Labute approximate surface area is 194 Å². The molecule has 0 saturated carbocycles. The Hall–Kier alpha value is -3.23. The summed E-state index contributed by atoms with van der Waals surface area (Å²) in [4.78, 5) is 25.7. The van der Waals surface area contributed by atoms with E-state index in [0.717, 1.165) is 28.8 Å². The molecule has 1 saturated heterocycles. The number of rotatable bonds is 8. The van der Waals surface area contributed by atoms with Crippen LogP contribution in [0, 0.1) is 6.92 Å². The van der Waals surface area contributed by atoms with Crippen molar-refractivity contribution in [3.05, 3.63) is 59.9 Å². The number of benzene rings is 1. The number of hydrogen-bond donors (Lipinski definition) is 2. The molecule has 3 N–H and O–H groups in total. The van der Waals surface area contributed by atoms with Gasteiger partial charge in [0.05, 0.1) is 24.4 Å². The maximum atomic E-state index is 12.9. The summed E-state index contributed by atoms with van der Waals surface area (Å²) in [5, 5.41) is 11.3. The van der Waals surface area contributed by atoms with Gasteiger partial charge < -0.3 is 25.4 Å². The Balaban J connectivity index is 1.41. The first kappa shape index (κ1) is 22.9. The summed E-state index contributed by atoms with van der Waals surface area (Å²) in [5.74, 6) is 0.572. The predicted molar refractivity (Wildman–Crippen MR) is 129 cm³/mol. The van der Waals surface area contributed by atoms with Gasteiger partial charge in [-0.15, -0.1) is 0 Å². The van der Waals surface area contributed by atoms with E-state index in [1.54, 1.807) is 42.4 Å². The average molecular weight is 450 g/mol. The third kappa shape index (κ3) is 5.23. The normalized spacial score (nSPS) is 18.0. The maximum absolute atomic E-state index is 12.9. The number of carbonyl (C=O) groups excluding carboxylic acids is 1. The van der Waals surface area contributed by atoms with Crippen LogP contribution in [0.4, 0.5) is 5.69 Å². The quantitative estimate of drug-likeness (QED) is 0.509. The third-order valence-corrected chi connectivity index (χ3v) is 5.97. The molecule has 1 amide bonds. The molecule has 1 aliphatic heterocycles. The molecule has 8 heteroatoms. The topological polar surface area (TPSA) is 105 Å². The second kappa shape index (κ2) is 9.72. The molecule has 3 heterocycles. The van der Waals surface area contributed by atoms with Gasteiger partial charge in [0, 0.05) is 37.6 Å². The fourth-order valence-electron chi connectivity index (χ4n) is 4.26. The van der Waals surface area contributed by atoms with Crippen molar-refractivity contribution in [3.63, 3.8) is 0 Å². The average Bonchev–Trinajstić information content (AvgIpc) is 3.20. The molecule has 8 nitrogen and oxygen atoms in total. The molecule has 3 aromatic rings. The SMILES string of the molecule is Cc1ccc2nccc(N3CC[C@](O)(CN(C)C(=O)c4ccc(OCCCN)cc4)C3)c2n1. The zero-order chi connectivity index (χ0) is 23.4. The van der Waals surface area contributed by atoms with Crippen molar-refractivity contribution in [1.29, 1.82) is 0 Å². The molecule has 0 radical (unpaired) electrons. The number of aryl methyl sites for hydroxylation is 1. The minimum Gasteiger partial charge on any atom is -0.494 e. The maximum Gasteiger partial charge on any atom is 0.253 e. The minimum absolute atomic E-state index is 0.137. The van der Waals surface area contributed by atoms with Crippen molar-refractivity contribution in [2.75, 3.05) is 44.7 Å². The molecule has 1 aliphatic rings. The van der Waals surface area contributed by atoms with Gasteiger partial charge in [0.2, 0.25) is 0 Å². The van der Waals surface area contributed by atoms with Gasteiger partial charge in [-0.2, -0.15) is 0 Å².